The van der Waals surface area contributed by atoms with Crippen LogP contribution >= 0.6 is 0 Å². The van der Waals surface area contributed by atoms with E-state index < -0.39 is 23.1 Å². The molecule has 1 fully saturated rings. The van der Waals surface area contributed by atoms with Crippen molar-refractivity contribution in [3.63, 3.8) is 0 Å². The minimum absolute atomic E-state index is 0.173. The summed E-state index contributed by atoms with van der Waals surface area (Å²) in [5, 5.41) is 13.3. The van der Waals surface area contributed by atoms with Crippen LogP contribution in [0.4, 0.5) is 8.78 Å². The van der Waals surface area contributed by atoms with E-state index in [1.54, 1.807) is 18.2 Å². The number of aromatic nitrogens is 1. The summed E-state index contributed by atoms with van der Waals surface area (Å²) in [6.45, 7) is 0.509. The van der Waals surface area contributed by atoms with Crippen LogP contribution in [-0.4, -0.2) is 21.6 Å². The Labute approximate surface area is 258 Å². The van der Waals surface area contributed by atoms with E-state index in [9.17, 15) is 23.5 Å². The van der Waals surface area contributed by atoms with Gasteiger partial charge in [-0.3, -0.25) is 4.79 Å². The van der Waals surface area contributed by atoms with E-state index in [1.165, 1.54) is 24.3 Å². The second kappa shape index (κ2) is 11.2. The number of carboxylic acid groups (broad SMARTS) is 1. The van der Waals surface area contributed by atoms with E-state index >= 15 is 0 Å². The first-order chi connectivity index (χ1) is 21.8. The highest BCUT2D eigenvalue weighted by molar-refractivity contribution is 6.08. The second-order valence-corrected chi connectivity index (χ2v) is 11.5. The summed E-state index contributed by atoms with van der Waals surface area (Å²) in [6, 6.07) is 33.7. The Balaban J connectivity index is 1.27. The van der Waals surface area contributed by atoms with Gasteiger partial charge in [0.25, 0.3) is 5.91 Å². The molecule has 0 spiro atoms. The molecule has 1 aliphatic rings. The maximum atomic E-state index is 14.2. The van der Waals surface area contributed by atoms with Crippen molar-refractivity contribution in [2.75, 3.05) is 0 Å². The van der Waals surface area contributed by atoms with E-state index in [0.29, 0.717) is 41.6 Å². The molecule has 7 rings (SSSR count). The van der Waals surface area contributed by atoms with E-state index in [2.05, 4.69) is 41.7 Å². The predicted octanol–water partition coefficient (Wildman–Crippen LogP) is 8.42. The standard InChI is InChI=1S/C38H28F2N2O3/c39-32-19-30(20-33(40)22-32)29-18-28-14-17-42(23-24-6-8-26(9-7-24)25-4-2-1-3-5-25)35(28)34(21-29)36(43)41-38(15-16-38)31-12-10-27(11-13-31)37(44)45/h1-14,17-22H,15-16,23H2,(H,41,43)(H,44,45). The van der Waals surface area contributed by atoms with Gasteiger partial charge in [-0.1, -0.05) is 66.7 Å². The van der Waals surface area contributed by atoms with Crippen LogP contribution in [0.15, 0.2) is 121 Å². The van der Waals surface area contributed by atoms with Gasteiger partial charge in [0.15, 0.2) is 0 Å². The summed E-state index contributed by atoms with van der Waals surface area (Å²) in [7, 11) is 0. The number of carbonyl (C=O) groups excluding carboxylic acids is 1. The van der Waals surface area contributed by atoms with Crippen molar-refractivity contribution in [1.82, 2.24) is 9.88 Å². The summed E-state index contributed by atoms with van der Waals surface area (Å²) >= 11 is 0. The molecule has 7 heteroatoms. The quantitative estimate of drug-likeness (QED) is 0.185. The fourth-order valence-corrected chi connectivity index (χ4v) is 6.00. The molecule has 1 aliphatic carbocycles. The second-order valence-electron chi connectivity index (χ2n) is 11.5. The van der Waals surface area contributed by atoms with Crippen molar-refractivity contribution >= 4 is 22.8 Å². The zero-order valence-corrected chi connectivity index (χ0v) is 24.1. The number of benzene rings is 5. The van der Waals surface area contributed by atoms with Crippen LogP contribution in [0.2, 0.25) is 0 Å². The molecule has 222 valence electrons. The van der Waals surface area contributed by atoms with Gasteiger partial charge in [0.2, 0.25) is 0 Å². The fourth-order valence-electron chi connectivity index (χ4n) is 6.00. The molecule has 5 nitrogen and oxygen atoms in total. The molecule has 45 heavy (non-hydrogen) atoms. The van der Waals surface area contributed by atoms with Gasteiger partial charge in [-0.25, -0.2) is 13.6 Å². The van der Waals surface area contributed by atoms with E-state index in [1.807, 2.05) is 41.1 Å². The van der Waals surface area contributed by atoms with Crippen LogP contribution < -0.4 is 5.32 Å². The number of carboxylic acids is 1. The molecule has 1 heterocycles. The van der Waals surface area contributed by atoms with Gasteiger partial charge in [-0.2, -0.15) is 0 Å². The van der Waals surface area contributed by atoms with Gasteiger partial charge in [0.05, 0.1) is 22.2 Å². The average Bonchev–Trinajstić information content (AvgIpc) is 3.72. The number of nitrogens with zero attached hydrogens (tertiary/aromatic N) is 1. The van der Waals surface area contributed by atoms with Crippen molar-refractivity contribution in [3.8, 4) is 22.3 Å². The van der Waals surface area contributed by atoms with E-state index in [-0.39, 0.29) is 11.5 Å². The Kier molecular flexibility index (Phi) is 7.01. The lowest BCUT2D eigenvalue weighted by Crippen LogP contribution is -2.35. The summed E-state index contributed by atoms with van der Waals surface area (Å²) in [5.74, 6) is -2.74. The van der Waals surface area contributed by atoms with Crippen LogP contribution in [0.1, 0.15) is 44.7 Å². The van der Waals surface area contributed by atoms with Gasteiger partial charge < -0.3 is 15.0 Å². The molecular weight excluding hydrogens is 570 g/mol. The highest BCUT2D eigenvalue weighted by Gasteiger charge is 2.46. The largest absolute Gasteiger partial charge is 0.478 e. The summed E-state index contributed by atoms with van der Waals surface area (Å²) in [4.78, 5) is 25.5. The SMILES string of the molecule is O=C(O)c1ccc(C2(NC(=O)c3cc(-c4cc(F)cc(F)c4)cc4ccn(Cc5ccc(-c6ccccc6)cc5)c34)CC2)cc1. The number of nitrogens with one attached hydrogen (secondary N) is 1. The minimum atomic E-state index is -1.01. The lowest BCUT2D eigenvalue weighted by atomic mass is 9.98. The predicted molar refractivity (Wildman–Crippen MR) is 170 cm³/mol. The van der Waals surface area contributed by atoms with Gasteiger partial charge in [0.1, 0.15) is 11.6 Å². The molecular formula is C38H28F2N2O3. The number of hydrogen-bond donors (Lipinski definition) is 2. The third-order valence-electron chi connectivity index (χ3n) is 8.50. The van der Waals surface area contributed by atoms with E-state index in [0.717, 1.165) is 33.7 Å². The maximum absolute atomic E-state index is 14.2. The molecule has 1 saturated carbocycles. The Morgan fingerprint density at radius 1 is 0.733 bits per heavy atom. The van der Waals surface area contributed by atoms with Gasteiger partial charge in [-0.05, 0) is 88.7 Å². The number of aromatic carboxylic acids is 1. The first-order valence-electron chi connectivity index (χ1n) is 14.7. The van der Waals surface area contributed by atoms with Gasteiger partial charge in [-0.15, -0.1) is 0 Å². The molecule has 0 atom stereocenters. The molecule has 1 amide bonds. The molecule has 0 bridgehead atoms. The summed E-state index contributed by atoms with van der Waals surface area (Å²) in [5.41, 5.74) is 5.60. The summed E-state index contributed by atoms with van der Waals surface area (Å²) in [6.07, 6.45) is 3.33. The molecule has 0 unspecified atom stereocenters. The maximum Gasteiger partial charge on any atom is 0.335 e. The van der Waals surface area contributed by atoms with Crippen molar-refractivity contribution in [2.24, 2.45) is 0 Å². The average molecular weight is 599 g/mol. The minimum Gasteiger partial charge on any atom is -0.478 e. The molecule has 2 N–H and O–H groups in total. The molecule has 5 aromatic carbocycles. The van der Waals surface area contributed by atoms with Crippen molar-refractivity contribution in [3.05, 3.63) is 155 Å². The summed E-state index contributed by atoms with van der Waals surface area (Å²) < 4.78 is 30.4. The number of halogens is 2. The van der Waals surface area contributed by atoms with Crippen molar-refractivity contribution in [2.45, 2.75) is 24.9 Å². The third kappa shape index (κ3) is 5.60. The third-order valence-corrected chi connectivity index (χ3v) is 8.50. The van der Waals surface area contributed by atoms with Crippen LogP contribution in [0.5, 0.6) is 0 Å². The first-order valence-corrected chi connectivity index (χ1v) is 14.7. The lowest BCUT2D eigenvalue weighted by Gasteiger charge is -2.20. The number of rotatable bonds is 8. The number of amides is 1. The van der Waals surface area contributed by atoms with Gasteiger partial charge in [0, 0.05) is 24.2 Å². The lowest BCUT2D eigenvalue weighted by molar-refractivity contribution is 0.0696. The zero-order valence-electron chi connectivity index (χ0n) is 24.1. The number of fused-ring (bicyclic) bond motifs is 1. The molecule has 0 saturated heterocycles. The van der Waals surface area contributed by atoms with Crippen LogP contribution in [0.25, 0.3) is 33.2 Å². The van der Waals surface area contributed by atoms with Crippen LogP contribution in [-0.2, 0) is 12.1 Å². The Morgan fingerprint density at radius 3 is 2.02 bits per heavy atom. The number of carbonyl (C=O) groups is 2. The monoisotopic (exact) mass is 598 g/mol. The Bertz CT molecular complexity index is 2040. The Hall–Kier alpha value is -5.56. The normalized spacial score (nSPS) is 13.5. The van der Waals surface area contributed by atoms with Crippen molar-refractivity contribution < 1.29 is 23.5 Å². The van der Waals surface area contributed by atoms with Crippen LogP contribution in [0, 0.1) is 11.6 Å². The highest BCUT2D eigenvalue weighted by Crippen LogP contribution is 2.46. The van der Waals surface area contributed by atoms with Crippen molar-refractivity contribution in [1.29, 1.82) is 0 Å². The topological polar surface area (TPSA) is 71.3 Å². The molecule has 0 aliphatic heterocycles. The van der Waals surface area contributed by atoms with Crippen LogP contribution in [0.3, 0.4) is 0 Å². The molecule has 6 aromatic rings. The molecule has 0 radical (unpaired) electrons. The van der Waals surface area contributed by atoms with Gasteiger partial charge >= 0.3 is 5.97 Å². The highest BCUT2D eigenvalue weighted by atomic mass is 19.1. The smallest absolute Gasteiger partial charge is 0.335 e. The fraction of sp³-hybridized carbons (Fsp3) is 0.105. The van der Waals surface area contributed by atoms with E-state index in [4.69, 9.17) is 0 Å². The molecule has 1 aromatic heterocycles. The first kappa shape index (κ1) is 28.2. The zero-order chi connectivity index (χ0) is 31.1. The number of hydrogen-bond acceptors (Lipinski definition) is 2. The Morgan fingerprint density at radius 2 is 1.38 bits per heavy atom.